The molecule has 0 atom stereocenters. The molecule has 0 spiro atoms. The van der Waals surface area contributed by atoms with Gasteiger partial charge in [0.1, 0.15) is 23.0 Å². The van der Waals surface area contributed by atoms with Crippen LogP contribution in [0.15, 0.2) is 40.9 Å². The van der Waals surface area contributed by atoms with E-state index < -0.39 is 5.92 Å². The van der Waals surface area contributed by atoms with Crippen LogP contribution in [0, 0.1) is 0 Å². The molecular weight excluding hydrogens is 332 g/mol. The van der Waals surface area contributed by atoms with Gasteiger partial charge in [0.15, 0.2) is 11.6 Å². The Hall–Kier alpha value is -2.56. The molecular formula is C21H22O5. The molecule has 0 bridgehead atoms. The number of allylic oxidation sites excluding steroid dienone is 4. The smallest absolute Gasteiger partial charge is 0.163 e. The Morgan fingerprint density at radius 3 is 2.04 bits per heavy atom. The van der Waals surface area contributed by atoms with Crippen molar-refractivity contribution in [2.75, 3.05) is 14.2 Å². The number of ether oxygens (including phenoxy) is 3. The predicted octanol–water partition coefficient (Wildman–Crippen LogP) is 3.83. The molecule has 0 unspecified atom stereocenters. The summed E-state index contributed by atoms with van der Waals surface area (Å²) in [6, 6.07) is 5.53. The van der Waals surface area contributed by atoms with Gasteiger partial charge in [-0.1, -0.05) is 6.07 Å². The zero-order valence-corrected chi connectivity index (χ0v) is 15.1. The van der Waals surface area contributed by atoms with E-state index >= 15 is 0 Å². The number of carbonyl (C=O) groups excluding carboxylic acids is 2. The van der Waals surface area contributed by atoms with Crippen molar-refractivity contribution in [1.82, 2.24) is 0 Å². The maximum absolute atomic E-state index is 12.8. The van der Waals surface area contributed by atoms with Crippen molar-refractivity contribution in [3.63, 3.8) is 0 Å². The van der Waals surface area contributed by atoms with Gasteiger partial charge in [0.05, 0.1) is 20.1 Å². The Morgan fingerprint density at radius 2 is 1.50 bits per heavy atom. The van der Waals surface area contributed by atoms with Crippen molar-refractivity contribution >= 4 is 11.6 Å². The highest BCUT2D eigenvalue weighted by Crippen LogP contribution is 2.49. The van der Waals surface area contributed by atoms with Crippen LogP contribution in [-0.4, -0.2) is 25.8 Å². The molecule has 2 aliphatic carbocycles. The highest BCUT2D eigenvalue weighted by molar-refractivity contribution is 6.06. The fraction of sp³-hybridized carbons (Fsp3) is 0.429. The average Bonchev–Trinajstić information content (AvgIpc) is 2.66. The van der Waals surface area contributed by atoms with E-state index in [9.17, 15) is 9.59 Å². The summed E-state index contributed by atoms with van der Waals surface area (Å²) < 4.78 is 16.9. The van der Waals surface area contributed by atoms with E-state index in [-0.39, 0.29) is 11.6 Å². The van der Waals surface area contributed by atoms with Crippen LogP contribution in [-0.2, 0) is 14.3 Å². The summed E-state index contributed by atoms with van der Waals surface area (Å²) in [7, 11) is 3.19. The van der Waals surface area contributed by atoms with Gasteiger partial charge >= 0.3 is 0 Å². The molecule has 1 aromatic carbocycles. The quantitative estimate of drug-likeness (QED) is 0.825. The number of methoxy groups -OCH3 is 2. The van der Waals surface area contributed by atoms with E-state index in [0.29, 0.717) is 35.5 Å². The standard InChI is InChI=1S/C21H22O5/c1-24-12-9-10-13(18(11-12)25-2)19-20-14(22)5-3-7-16(20)26-17-8-4-6-15(23)21(17)19/h9-11,19H,3-8H2,1-2H3. The van der Waals surface area contributed by atoms with Crippen molar-refractivity contribution in [2.45, 2.75) is 44.4 Å². The molecule has 3 aliphatic rings. The molecule has 26 heavy (non-hydrogen) atoms. The Balaban J connectivity index is 1.93. The molecule has 5 nitrogen and oxygen atoms in total. The summed E-state index contributed by atoms with van der Waals surface area (Å²) in [6.07, 6.45) is 4.05. The molecule has 0 radical (unpaired) electrons. The first-order valence-electron chi connectivity index (χ1n) is 9.06. The average molecular weight is 354 g/mol. The number of hydrogen-bond donors (Lipinski definition) is 0. The summed E-state index contributed by atoms with van der Waals surface area (Å²) in [6.45, 7) is 0. The van der Waals surface area contributed by atoms with Crippen LogP contribution >= 0.6 is 0 Å². The molecule has 1 aromatic rings. The number of hydrogen-bond acceptors (Lipinski definition) is 5. The fourth-order valence-electron chi connectivity index (χ4n) is 4.19. The van der Waals surface area contributed by atoms with E-state index in [1.165, 1.54) is 0 Å². The third-order valence-electron chi connectivity index (χ3n) is 5.39. The van der Waals surface area contributed by atoms with Crippen LogP contribution in [0.2, 0.25) is 0 Å². The minimum Gasteiger partial charge on any atom is -0.497 e. The maximum atomic E-state index is 12.8. The van der Waals surface area contributed by atoms with Gasteiger partial charge in [0, 0.05) is 48.5 Å². The SMILES string of the molecule is COc1ccc(C2C3=C(CCCC3=O)OC3=C2C(=O)CCC3)c(OC)c1. The third-order valence-corrected chi connectivity index (χ3v) is 5.39. The highest BCUT2D eigenvalue weighted by Gasteiger charge is 2.42. The Labute approximate surface area is 152 Å². The van der Waals surface area contributed by atoms with Gasteiger partial charge in [-0.15, -0.1) is 0 Å². The van der Waals surface area contributed by atoms with Gasteiger partial charge in [0.2, 0.25) is 0 Å². The second kappa shape index (κ2) is 6.63. The summed E-state index contributed by atoms with van der Waals surface area (Å²) in [5.41, 5.74) is 2.09. The van der Waals surface area contributed by atoms with Gasteiger partial charge in [-0.2, -0.15) is 0 Å². The Morgan fingerprint density at radius 1 is 0.885 bits per heavy atom. The molecule has 0 saturated heterocycles. The molecule has 0 amide bonds. The first-order chi connectivity index (χ1) is 12.6. The van der Waals surface area contributed by atoms with E-state index in [1.54, 1.807) is 20.3 Å². The van der Waals surface area contributed by atoms with E-state index in [2.05, 4.69) is 0 Å². The first kappa shape index (κ1) is 16.9. The maximum Gasteiger partial charge on any atom is 0.163 e. The van der Waals surface area contributed by atoms with Gasteiger partial charge in [0.25, 0.3) is 0 Å². The van der Waals surface area contributed by atoms with Crippen molar-refractivity contribution in [1.29, 1.82) is 0 Å². The monoisotopic (exact) mass is 354 g/mol. The molecule has 1 heterocycles. The summed E-state index contributed by atoms with van der Waals surface area (Å²) in [5, 5.41) is 0. The summed E-state index contributed by atoms with van der Waals surface area (Å²) >= 11 is 0. The second-order valence-corrected chi connectivity index (χ2v) is 6.87. The molecule has 5 heteroatoms. The summed E-state index contributed by atoms with van der Waals surface area (Å²) in [4.78, 5) is 25.6. The van der Waals surface area contributed by atoms with Gasteiger partial charge in [-0.3, -0.25) is 9.59 Å². The van der Waals surface area contributed by atoms with Crippen molar-refractivity contribution < 1.29 is 23.8 Å². The van der Waals surface area contributed by atoms with E-state index in [4.69, 9.17) is 14.2 Å². The largest absolute Gasteiger partial charge is 0.497 e. The minimum atomic E-state index is -0.407. The molecule has 1 aliphatic heterocycles. The van der Waals surface area contributed by atoms with E-state index in [0.717, 1.165) is 42.8 Å². The van der Waals surface area contributed by atoms with Crippen LogP contribution in [0.5, 0.6) is 11.5 Å². The fourth-order valence-corrected chi connectivity index (χ4v) is 4.19. The number of ketones is 2. The van der Waals surface area contributed by atoms with Crippen LogP contribution in [0.25, 0.3) is 0 Å². The number of carbonyl (C=O) groups is 2. The topological polar surface area (TPSA) is 61.8 Å². The molecule has 0 saturated carbocycles. The number of benzene rings is 1. The van der Waals surface area contributed by atoms with Crippen molar-refractivity contribution in [3.8, 4) is 11.5 Å². The van der Waals surface area contributed by atoms with Gasteiger partial charge < -0.3 is 14.2 Å². The zero-order valence-electron chi connectivity index (χ0n) is 15.1. The van der Waals surface area contributed by atoms with Crippen molar-refractivity contribution in [2.24, 2.45) is 0 Å². The molecule has 0 fully saturated rings. The van der Waals surface area contributed by atoms with Crippen LogP contribution in [0.3, 0.4) is 0 Å². The highest BCUT2D eigenvalue weighted by atomic mass is 16.5. The molecule has 0 N–H and O–H groups in total. The van der Waals surface area contributed by atoms with Crippen molar-refractivity contribution in [3.05, 3.63) is 46.4 Å². The number of Topliss-reactive ketones (excluding diaryl/α,β-unsaturated/α-hetero) is 2. The van der Waals surface area contributed by atoms with Crippen LogP contribution in [0.1, 0.15) is 50.0 Å². The van der Waals surface area contributed by atoms with Crippen LogP contribution < -0.4 is 9.47 Å². The lowest BCUT2D eigenvalue weighted by molar-refractivity contribution is -0.117. The van der Waals surface area contributed by atoms with E-state index in [1.807, 2.05) is 12.1 Å². The molecule has 136 valence electrons. The Bertz CT molecular complexity index is 804. The third kappa shape index (κ3) is 2.62. The number of rotatable bonds is 3. The zero-order chi connectivity index (χ0) is 18.3. The van der Waals surface area contributed by atoms with Crippen LogP contribution in [0.4, 0.5) is 0 Å². The second-order valence-electron chi connectivity index (χ2n) is 6.87. The molecule has 0 aromatic heterocycles. The minimum absolute atomic E-state index is 0.0686. The van der Waals surface area contributed by atoms with Gasteiger partial charge in [-0.25, -0.2) is 0 Å². The Kier molecular flexibility index (Phi) is 4.31. The lowest BCUT2D eigenvalue weighted by Crippen LogP contribution is -2.30. The molecule has 4 rings (SSSR count). The first-order valence-corrected chi connectivity index (χ1v) is 9.06. The lowest BCUT2D eigenvalue weighted by Gasteiger charge is -2.36. The predicted molar refractivity (Wildman–Crippen MR) is 95.1 cm³/mol. The summed E-state index contributed by atoms with van der Waals surface area (Å²) in [5.74, 6) is 2.49. The van der Waals surface area contributed by atoms with Gasteiger partial charge in [-0.05, 0) is 18.9 Å². The normalized spacial score (nSPS) is 20.5. The lowest BCUT2D eigenvalue weighted by atomic mass is 9.73.